The van der Waals surface area contributed by atoms with Gasteiger partial charge in [0.25, 0.3) is 10.0 Å². The second-order valence-corrected chi connectivity index (χ2v) is 8.21. The van der Waals surface area contributed by atoms with Crippen molar-refractivity contribution in [3.63, 3.8) is 0 Å². The summed E-state index contributed by atoms with van der Waals surface area (Å²) in [6, 6.07) is 20.1. The second-order valence-electron chi connectivity index (χ2n) is 6.53. The molecule has 0 amide bonds. The van der Waals surface area contributed by atoms with E-state index < -0.39 is 10.0 Å². The Morgan fingerprint density at radius 3 is 2.22 bits per heavy atom. The van der Waals surface area contributed by atoms with Crippen molar-refractivity contribution in [1.29, 1.82) is 0 Å². The van der Waals surface area contributed by atoms with E-state index in [2.05, 4.69) is 9.71 Å². The summed E-state index contributed by atoms with van der Waals surface area (Å²) in [4.78, 5) is 4.63. The van der Waals surface area contributed by atoms with Crippen LogP contribution in [0.4, 0.5) is 11.4 Å². The summed E-state index contributed by atoms with van der Waals surface area (Å²) in [5.41, 5.74) is 5.43. The molecule has 0 bridgehead atoms. The van der Waals surface area contributed by atoms with Crippen LogP contribution in [0.25, 0.3) is 0 Å². The van der Waals surface area contributed by atoms with Gasteiger partial charge in [-0.25, -0.2) is 8.42 Å². The number of sulfonamides is 1. The number of nitrogens with one attached hydrogen (secondary N) is 1. The van der Waals surface area contributed by atoms with Crippen molar-refractivity contribution in [2.45, 2.75) is 25.7 Å². The number of rotatable bonds is 5. The van der Waals surface area contributed by atoms with Crippen LogP contribution in [0.2, 0.25) is 0 Å². The Balaban J connectivity index is 1.78. The Labute approximate surface area is 160 Å². The van der Waals surface area contributed by atoms with E-state index in [-0.39, 0.29) is 4.90 Å². The standard InChI is InChI=1S/C22H22N2O2S/c1-16-8-13-22(18(3)14-16)24-27(25,26)21-11-9-20(10-12-21)23-15-19-7-5-4-6-17(19)2/h4-15,24H,1-3H3. The topological polar surface area (TPSA) is 58.5 Å². The first-order valence-corrected chi connectivity index (χ1v) is 10.1. The molecular weight excluding hydrogens is 356 g/mol. The molecule has 1 N–H and O–H groups in total. The fourth-order valence-corrected chi connectivity index (χ4v) is 3.85. The van der Waals surface area contributed by atoms with Crippen molar-refractivity contribution in [3.8, 4) is 0 Å². The van der Waals surface area contributed by atoms with E-state index in [0.717, 1.165) is 22.3 Å². The SMILES string of the molecule is Cc1ccc(NS(=O)(=O)c2ccc(N=Cc3ccccc3C)cc2)c(C)c1. The first kappa shape index (κ1) is 18.9. The zero-order valence-electron chi connectivity index (χ0n) is 15.6. The molecule has 138 valence electrons. The molecule has 5 heteroatoms. The second kappa shape index (κ2) is 7.76. The molecule has 0 heterocycles. The largest absolute Gasteiger partial charge is 0.279 e. The zero-order chi connectivity index (χ0) is 19.4. The minimum absolute atomic E-state index is 0.206. The maximum absolute atomic E-state index is 12.6. The number of aryl methyl sites for hydroxylation is 3. The Morgan fingerprint density at radius 2 is 1.56 bits per heavy atom. The fraction of sp³-hybridized carbons (Fsp3) is 0.136. The highest BCUT2D eigenvalue weighted by Crippen LogP contribution is 2.22. The molecule has 27 heavy (non-hydrogen) atoms. The van der Waals surface area contributed by atoms with Crippen LogP contribution in [0, 0.1) is 20.8 Å². The van der Waals surface area contributed by atoms with Crippen LogP contribution in [-0.4, -0.2) is 14.6 Å². The van der Waals surface area contributed by atoms with Gasteiger partial charge in [-0.15, -0.1) is 0 Å². The Hall–Kier alpha value is -2.92. The summed E-state index contributed by atoms with van der Waals surface area (Å²) in [6.07, 6.45) is 1.78. The predicted molar refractivity (Wildman–Crippen MR) is 112 cm³/mol. The molecule has 0 fully saturated rings. The van der Waals surface area contributed by atoms with Gasteiger partial charge in [0.2, 0.25) is 0 Å². The molecule has 0 saturated carbocycles. The lowest BCUT2D eigenvalue weighted by Crippen LogP contribution is -2.13. The number of hydrogen-bond donors (Lipinski definition) is 1. The lowest BCUT2D eigenvalue weighted by molar-refractivity contribution is 0.601. The van der Waals surface area contributed by atoms with Crippen molar-refractivity contribution in [1.82, 2.24) is 0 Å². The van der Waals surface area contributed by atoms with Gasteiger partial charge in [-0.2, -0.15) is 0 Å². The molecule has 4 nitrogen and oxygen atoms in total. The van der Waals surface area contributed by atoms with E-state index in [1.807, 2.05) is 57.2 Å². The fourth-order valence-electron chi connectivity index (χ4n) is 2.72. The van der Waals surface area contributed by atoms with Crippen LogP contribution < -0.4 is 4.72 Å². The third kappa shape index (κ3) is 4.63. The lowest BCUT2D eigenvalue weighted by atomic mass is 10.1. The molecule has 0 atom stereocenters. The molecule has 0 aliphatic rings. The van der Waals surface area contributed by atoms with Gasteiger partial charge < -0.3 is 0 Å². The van der Waals surface area contributed by atoms with Crippen molar-refractivity contribution >= 4 is 27.6 Å². The zero-order valence-corrected chi connectivity index (χ0v) is 16.4. The van der Waals surface area contributed by atoms with Crippen molar-refractivity contribution in [2.24, 2.45) is 4.99 Å². The molecule has 3 rings (SSSR count). The Kier molecular flexibility index (Phi) is 5.42. The summed E-state index contributed by atoms with van der Waals surface area (Å²) < 4.78 is 27.9. The first-order chi connectivity index (χ1) is 12.8. The van der Waals surface area contributed by atoms with Crippen LogP contribution in [0.15, 0.2) is 76.6 Å². The first-order valence-electron chi connectivity index (χ1n) is 8.65. The van der Waals surface area contributed by atoms with Gasteiger partial charge in [0.1, 0.15) is 0 Å². The van der Waals surface area contributed by atoms with Gasteiger partial charge >= 0.3 is 0 Å². The molecule has 3 aromatic rings. The van der Waals surface area contributed by atoms with E-state index >= 15 is 0 Å². The van der Waals surface area contributed by atoms with Gasteiger partial charge in [-0.3, -0.25) is 9.71 Å². The molecule has 0 saturated heterocycles. The molecule has 0 spiro atoms. The van der Waals surface area contributed by atoms with E-state index in [0.29, 0.717) is 11.4 Å². The maximum atomic E-state index is 12.6. The summed E-state index contributed by atoms with van der Waals surface area (Å²) in [5.74, 6) is 0. The minimum Gasteiger partial charge on any atom is -0.279 e. The van der Waals surface area contributed by atoms with Crippen molar-refractivity contribution < 1.29 is 8.42 Å². The number of benzene rings is 3. The van der Waals surface area contributed by atoms with Crippen LogP contribution in [0.1, 0.15) is 22.3 Å². The van der Waals surface area contributed by atoms with E-state index in [1.54, 1.807) is 36.5 Å². The predicted octanol–water partition coefficient (Wildman–Crippen LogP) is 5.16. The third-order valence-corrected chi connectivity index (χ3v) is 5.70. The highest BCUT2D eigenvalue weighted by molar-refractivity contribution is 7.92. The van der Waals surface area contributed by atoms with Gasteiger partial charge in [-0.1, -0.05) is 42.0 Å². The van der Waals surface area contributed by atoms with Crippen LogP contribution in [-0.2, 0) is 10.0 Å². The highest BCUT2D eigenvalue weighted by Gasteiger charge is 2.15. The maximum Gasteiger partial charge on any atom is 0.261 e. The Morgan fingerprint density at radius 1 is 0.852 bits per heavy atom. The monoisotopic (exact) mass is 378 g/mol. The summed E-state index contributed by atoms with van der Waals surface area (Å²) in [5, 5.41) is 0. The van der Waals surface area contributed by atoms with Gasteiger partial charge in [0.05, 0.1) is 16.3 Å². The van der Waals surface area contributed by atoms with E-state index in [9.17, 15) is 8.42 Å². The minimum atomic E-state index is -3.64. The molecule has 0 aliphatic carbocycles. The number of hydrogen-bond acceptors (Lipinski definition) is 3. The normalized spacial score (nSPS) is 11.7. The quantitative estimate of drug-likeness (QED) is 0.623. The summed E-state index contributed by atoms with van der Waals surface area (Å²) in [7, 11) is -3.64. The Bertz CT molecular complexity index is 1090. The van der Waals surface area contributed by atoms with Gasteiger partial charge in [-0.05, 0) is 67.8 Å². The molecule has 0 unspecified atom stereocenters. The van der Waals surface area contributed by atoms with Crippen molar-refractivity contribution in [3.05, 3.63) is 89.0 Å². The number of aliphatic imine (C=N–C) groups is 1. The van der Waals surface area contributed by atoms with E-state index in [1.165, 1.54) is 0 Å². The third-order valence-electron chi connectivity index (χ3n) is 4.31. The van der Waals surface area contributed by atoms with Crippen molar-refractivity contribution in [2.75, 3.05) is 4.72 Å². The number of anilines is 1. The average Bonchev–Trinajstić information content (AvgIpc) is 2.64. The van der Waals surface area contributed by atoms with Gasteiger partial charge in [0.15, 0.2) is 0 Å². The molecule has 0 radical (unpaired) electrons. The van der Waals surface area contributed by atoms with E-state index in [4.69, 9.17) is 0 Å². The highest BCUT2D eigenvalue weighted by atomic mass is 32.2. The summed E-state index contributed by atoms with van der Waals surface area (Å²) in [6.45, 7) is 5.88. The molecular formula is C22H22N2O2S. The lowest BCUT2D eigenvalue weighted by Gasteiger charge is -2.11. The van der Waals surface area contributed by atoms with Crippen LogP contribution >= 0.6 is 0 Å². The summed E-state index contributed by atoms with van der Waals surface area (Å²) >= 11 is 0. The smallest absolute Gasteiger partial charge is 0.261 e. The molecule has 0 aromatic heterocycles. The average molecular weight is 378 g/mol. The molecule has 0 aliphatic heterocycles. The van der Waals surface area contributed by atoms with Crippen LogP contribution in [0.3, 0.4) is 0 Å². The number of nitrogens with zero attached hydrogens (tertiary/aromatic N) is 1. The van der Waals surface area contributed by atoms with Crippen LogP contribution in [0.5, 0.6) is 0 Å². The van der Waals surface area contributed by atoms with Gasteiger partial charge in [0, 0.05) is 6.21 Å². The molecule has 3 aromatic carbocycles.